The quantitative estimate of drug-likeness (QED) is 0.428. The van der Waals surface area contributed by atoms with Gasteiger partial charge in [-0.2, -0.15) is 5.10 Å². The van der Waals surface area contributed by atoms with Gasteiger partial charge in [0, 0.05) is 29.9 Å². The summed E-state index contributed by atoms with van der Waals surface area (Å²) in [5, 5.41) is 7.73. The number of ether oxygens (including phenoxy) is 4. The number of rotatable bonds is 6. The summed E-state index contributed by atoms with van der Waals surface area (Å²) < 4.78 is 24.1. The van der Waals surface area contributed by atoms with Crippen molar-refractivity contribution in [2.24, 2.45) is 0 Å². The van der Waals surface area contributed by atoms with Crippen molar-refractivity contribution in [3.63, 3.8) is 0 Å². The third kappa shape index (κ3) is 4.63. The molecule has 8 nitrogen and oxygen atoms in total. The number of carbonyl (C=O) groups excluding carboxylic acids is 1. The van der Waals surface area contributed by atoms with Gasteiger partial charge in [-0.1, -0.05) is 18.2 Å². The molecule has 0 atom stereocenters. The molecule has 3 aromatic carbocycles. The number of para-hydroxylation sites is 1. The molecule has 0 spiro atoms. The van der Waals surface area contributed by atoms with Crippen LogP contribution in [0.4, 0.5) is 5.69 Å². The summed E-state index contributed by atoms with van der Waals surface area (Å²) in [4.78, 5) is 13.5. The summed E-state index contributed by atoms with van der Waals surface area (Å²) in [5.74, 6) is 2.16. The number of hydrogen-bond acceptors (Lipinski definition) is 6. The minimum atomic E-state index is -0.318. The van der Waals surface area contributed by atoms with Gasteiger partial charge in [-0.05, 0) is 42.5 Å². The van der Waals surface area contributed by atoms with Gasteiger partial charge in [0.2, 0.25) is 0 Å². The van der Waals surface area contributed by atoms with E-state index in [0.717, 1.165) is 12.1 Å². The molecular formula is C27H25N3O5. The molecule has 178 valence electrons. The van der Waals surface area contributed by atoms with Gasteiger partial charge >= 0.3 is 0 Å². The Bertz CT molecular complexity index is 1350. The van der Waals surface area contributed by atoms with E-state index in [4.69, 9.17) is 24.0 Å². The summed E-state index contributed by atoms with van der Waals surface area (Å²) in [6, 6.07) is 20.4. The molecule has 0 saturated carbocycles. The fourth-order valence-electron chi connectivity index (χ4n) is 3.89. The van der Waals surface area contributed by atoms with Crippen molar-refractivity contribution in [3.05, 3.63) is 78.5 Å². The Labute approximate surface area is 203 Å². The molecule has 35 heavy (non-hydrogen) atoms. The van der Waals surface area contributed by atoms with Crippen LogP contribution in [-0.4, -0.2) is 43.1 Å². The normalized spacial score (nSPS) is 12.5. The van der Waals surface area contributed by atoms with Gasteiger partial charge in [-0.15, -0.1) is 0 Å². The lowest BCUT2D eigenvalue weighted by Crippen LogP contribution is -2.12. The number of carbonyl (C=O) groups is 1. The topological polar surface area (TPSA) is 83.8 Å². The zero-order chi connectivity index (χ0) is 24.2. The van der Waals surface area contributed by atoms with Gasteiger partial charge in [-0.25, -0.2) is 4.68 Å². The average molecular weight is 472 g/mol. The Morgan fingerprint density at radius 2 is 1.74 bits per heavy atom. The van der Waals surface area contributed by atoms with Crippen LogP contribution >= 0.6 is 0 Å². The van der Waals surface area contributed by atoms with E-state index in [1.165, 1.54) is 0 Å². The molecule has 0 saturated heterocycles. The van der Waals surface area contributed by atoms with Crippen LogP contribution in [-0.2, 0) is 0 Å². The highest BCUT2D eigenvalue weighted by Crippen LogP contribution is 2.36. The van der Waals surface area contributed by atoms with Crippen LogP contribution in [0.25, 0.3) is 16.9 Å². The molecule has 2 heterocycles. The van der Waals surface area contributed by atoms with Crippen LogP contribution in [0.2, 0.25) is 0 Å². The minimum absolute atomic E-state index is 0.318. The Morgan fingerprint density at radius 1 is 0.943 bits per heavy atom. The molecule has 0 fully saturated rings. The maximum Gasteiger partial charge on any atom is 0.259 e. The first-order valence-corrected chi connectivity index (χ1v) is 11.2. The first-order valence-electron chi connectivity index (χ1n) is 11.2. The van der Waals surface area contributed by atoms with E-state index in [0.29, 0.717) is 58.7 Å². The van der Waals surface area contributed by atoms with Gasteiger partial charge in [0.15, 0.2) is 11.5 Å². The second kappa shape index (κ2) is 9.80. The number of nitrogens with zero attached hydrogens (tertiary/aromatic N) is 2. The molecule has 1 aliphatic heterocycles. The minimum Gasteiger partial charge on any atom is -0.497 e. The number of methoxy groups -OCH3 is 2. The summed E-state index contributed by atoms with van der Waals surface area (Å²) in [7, 11) is 3.17. The van der Waals surface area contributed by atoms with Crippen LogP contribution in [0.1, 0.15) is 16.8 Å². The SMILES string of the molecule is COc1ccc(OC)c(-c2nn(-c3ccccc3)cc2C(=O)Nc2ccc3c(c2)OCCCO3)c1. The van der Waals surface area contributed by atoms with E-state index in [1.54, 1.807) is 61.5 Å². The summed E-state index contributed by atoms with van der Waals surface area (Å²) >= 11 is 0. The number of aromatic nitrogens is 2. The van der Waals surface area contributed by atoms with Crippen molar-refractivity contribution in [2.45, 2.75) is 6.42 Å². The van der Waals surface area contributed by atoms with Crippen molar-refractivity contribution in [1.82, 2.24) is 9.78 Å². The van der Waals surface area contributed by atoms with Gasteiger partial charge in [0.25, 0.3) is 5.91 Å². The van der Waals surface area contributed by atoms with E-state index >= 15 is 0 Å². The molecule has 1 amide bonds. The van der Waals surface area contributed by atoms with Crippen molar-refractivity contribution >= 4 is 11.6 Å². The molecular weight excluding hydrogens is 446 g/mol. The molecule has 4 aromatic rings. The van der Waals surface area contributed by atoms with Crippen LogP contribution in [0.5, 0.6) is 23.0 Å². The lowest BCUT2D eigenvalue weighted by Gasteiger charge is -2.12. The first kappa shape index (κ1) is 22.3. The molecule has 1 aliphatic rings. The van der Waals surface area contributed by atoms with E-state index in [-0.39, 0.29) is 5.91 Å². The number of amides is 1. The number of anilines is 1. The van der Waals surface area contributed by atoms with E-state index in [9.17, 15) is 4.79 Å². The van der Waals surface area contributed by atoms with Crippen molar-refractivity contribution in [3.8, 4) is 39.9 Å². The zero-order valence-electron chi connectivity index (χ0n) is 19.5. The fraction of sp³-hybridized carbons (Fsp3) is 0.185. The largest absolute Gasteiger partial charge is 0.497 e. The molecule has 0 unspecified atom stereocenters. The van der Waals surface area contributed by atoms with Gasteiger partial charge in [-0.3, -0.25) is 4.79 Å². The molecule has 1 aromatic heterocycles. The van der Waals surface area contributed by atoms with E-state index < -0.39 is 0 Å². The summed E-state index contributed by atoms with van der Waals surface area (Å²) in [5.41, 5.74) is 2.91. The average Bonchev–Trinajstić information content (AvgIpc) is 3.22. The lowest BCUT2D eigenvalue weighted by molar-refractivity contribution is 0.102. The highest BCUT2D eigenvalue weighted by molar-refractivity contribution is 6.08. The molecule has 0 radical (unpaired) electrons. The lowest BCUT2D eigenvalue weighted by atomic mass is 10.1. The number of benzene rings is 3. The smallest absolute Gasteiger partial charge is 0.259 e. The fourth-order valence-corrected chi connectivity index (χ4v) is 3.89. The highest BCUT2D eigenvalue weighted by atomic mass is 16.5. The molecule has 0 aliphatic carbocycles. The van der Waals surface area contributed by atoms with Gasteiger partial charge in [0.05, 0.1) is 38.7 Å². The zero-order valence-corrected chi connectivity index (χ0v) is 19.5. The molecule has 0 bridgehead atoms. The Morgan fingerprint density at radius 3 is 2.51 bits per heavy atom. The third-order valence-corrected chi connectivity index (χ3v) is 5.65. The van der Waals surface area contributed by atoms with Crippen LogP contribution in [0, 0.1) is 0 Å². The second-order valence-corrected chi connectivity index (χ2v) is 7.90. The van der Waals surface area contributed by atoms with Crippen LogP contribution in [0.15, 0.2) is 72.9 Å². The maximum absolute atomic E-state index is 13.5. The van der Waals surface area contributed by atoms with Crippen molar-refractivity contribution < 1.29 is 23.7 Å². The maximum atomic E-state index is 13.5. The summed E-state index contributed by atoms with van der Waals surface area (Å²) in [6.45, 7) is 1.16. The van der Waals surface area contributed by atoms with Crippen LogP contribution < -0.4 is 24.3 Å². The van der Waals surface area contributed by atoms with Crippen LogP contribution in [0.3, 0.4) is 0 Å². The second-order valence-electron chi connectivity index (χ2n) is 7.90. The van der Waals surface area contributed by atoms with Gasteiger partial charge < -0.3 is 24.3 Å². The Hall–Kier alpha value is -4.46. The summed E-state index contributed by atoms with van der Waals surface area (Å²) in [6.07, 6.45) is 2.52. The van der Waals surface area contributed by atoms with Gasteiger partial charge in [0.1, 0.15) is 17.2 Å². The Balaban J connectivity index is 1.56. The highest BCUT2D eigenvalue weighted by Gasteiger charge is 2.23. The van der Waals surface area contributed by atoms with E-state index in [2.05, 4.69) is 5.32 Å². The molecule has 5 rings (SSSR count). The standard InChI is InChI=1S/C27H25N3O5/c1-32-20-10-12-23(33-2)21(16-20)26-22(17-30(29-26)19-7-4-3-5-8-19)27(31)28-18-9-11-24-25(15-18)35-14-6-13-34-24/h3-5,7-12,15-17H,6,13-14H2,1-2H3,(H,28,31). The van der Waals surface area contributed by atoms with Crippen molar-refractivity contribution in [2.75, 3.05) is 32.8 Å². The number of nitrogens with one attached hydrogen (secondary N) is 1. The first-order chi connectivity index (χ1) is 17.2. The molecule has 1 N–H and O–H groups in total. The van der Waals surface area contributed by atoms with Crippen molar-refractivity contribution in [1.29, 1.82) is 0 Å². The predicted octanol–water partition coefficient (Wildman–Crippen LogP) is 4.97. The monoisotopic (exact) mass is 471 g/mol. The third-order valence-electron chi connectivity index (χ3n) is 5.65. The molecule has 8 heteroatoms. The Kier molecular flexibility index (Phi) is 6.26. The predicted molar refractivity (Wildman–Crippen MR) is 132 cm³/mol. The number of hydrogen-bond donors (Lipinski definition) is 1. The van der Waals surface area contributed by atoms with E-state index in [1.807, 2.05) is 30.3 Å². The number of fused-ring (bicyclic) bond motifs is 1.